The molecule has 0 amide bonds. The predicted molar refractivity (Wildman–Crippen MR) is 501 cm³/mol. The largest absolute Gasteiger partial charge is 0.394 e. The zero-order valence-corrected chi connectivity index (χ0v) is 78.3. The van der Waals surface area contributed by atoms with Crippen LogP contribution in [0.15, 0.2) is 237 Å². The van der Waals surface area contributed by atoms with Crippen molar-refractivity contribution in [3.05, 3.63) is 293 Å². The molecular weight excluding hydrogens is 1920 g/mol. The molecule has 4 saturated carbocycles. The van der Waals surface area contributed by atoms with Gasteiger partial charge in [0.1, 0.15) is 97.0 Å². The number of ether oxygens (including phenoxy) is 5. The third-order valence-corrected chi connectivity index (χ3v) is 25.6. The molecule has 0 spiro atoms. The third-order valence-electron chi connectivity index (χ3n) is 25.6. The molecule has 19 rings (SSSR count). The Balaban J connectivity index is 0.000000146. The number of nitrogens with one attached hydrogen (secondary N) is 5. The van der Waals surface area contributed by atoms with Crippen molar-refractivity contribution in [1.82, 2.24) is 47.8 Å². The fraction of sp³-hybridized carbons (Fsp3) is 0.427. The molecule has 50 heteroatoms. The Hall–Kier alpha value is -14.0. The fourth-order valence-electron chi connectivity index (χ4n) is 18.4. The Morgan fingerprint density at radius 1 is 0.336 bits per heavy atom. The SMILES string of the molecule is CC(C)(C)C(=O)ONc1ccn([C@@H]2O[C@H](CO)[C@@H](O)[C@H]2O)c(=O)n1.O=C(Cc1ccccc1)ONc1ccn([C@@H]2O[C@H](CO)[C@@H](O)[C@H]2O)c(=O)n1.O=C(ONc1ccn([C@@H]2O[C@H](CO)[C@@H](O)[C@H]2O)c(=O)n1)C(c1ccccc1)(c1ccccc1)c1ccccc1.O=C(ONc1ccn([C@@H]2O[C@H](CO)[C@@H](O)[C@H]2O)c(=O)n1)C12CC3CC(CC(C3)C1)C2.O=C(ONc1ccn([C@@H]2O[C@H](CO)[C@@H](O)[C@H]2O)c(=O)n1)c1ccccc1. The minimum atomic E-state index is -1.44. The van der Waals surface area contributed by atoms with Crippen LogP contribution in [-0.4, -0.2) is 279 Å². The van der Waals surface area contributed by atoms with Crippen molar-refractivity contribution in [2.75, 3.05) is 60.4 Å². The van der Waals surface area contributed by atoms with Gasteiger partial charge in [0.05, 0.1) is 55.8 Å². The zero-order valence-electron chi connectivity index (χ0n) is 78.3. The lowest BCUT2D eigenvalue weighted by Gasteiger charge is -2.54. The van der Waals surface area contributed by atoms with Gasteiger partial charge in [-0.25, -0.2) is 69.9 Å². The van der Waals surface area contributed by atoms with E-state index in [1.165, 1.54) is 80.6 Å². The van der Waals surface area contributed by atoms with Crippen LogP contribution in [0.4, 0.5) is 29.1 Å². The van der Waals surface area contributed by atoms with Gasteiger partial charge >= 0.3 is 58.3 Å². The maximum absolute atomic E-state index is 14.0. The highest BCUT2D eigenvalue weighted by molar-refractivity contribution is 5.93. The van der Waals surface area contributed by atoms with E-state index in [0.29, 0.717) is 40.0 Å². The number of aromatic nitrogens is 10. The van der Waals surface area contributed by atoms with Crippen molar-refractivity contribution in [2.45, 2.75) is 194 Å². The Labute approximate surface area is 827 Å². The molecule has 4 aliphatic carbocycles. The summed E-state index contributed by atoms with van der Waals surface area (Å²) in [5.74, 6) is -0.859. The van der Waals surface area contributed by atoms with Crippen molar-refractivity contribution in [3.63, 3.8) is 0 Å². The number of benzene rings is 5. The fourth-order valence-corrected chi connectivity index (χ4v) is 18.4. The van der Waals surface area contributed by atoms with Crippen molar-refractivity contribution in [2.24, 2.45) is 28.6 Å². The molecule has 5 aromatic heterocycles. The first-order valence-electron chi connectivity index (χ1n) is 46.2. The van der Waals surface area contributed by atoms with Gasteiger partial charge in [0.2, 0.25) is 0 Å². The van der Waals surface area contributed by atoms with E-state index >= 15 is 0 Å². The lowest BCUT2D eigenvalue weighted by atomic mass is 9.49. The van der Waals surface area contributed by atoms with E-state index in [9.17, 15) is 109 Å². The van der Waals surface area contributed by atoms with Crippen LogP contribution < -0.4 is 55.8 Å². The summed E-state index contributed by atoms with van der Waals surface area (Å²) in [4.78, 5) is 168. The molecule has 5 aliphatic heterocycles. The van der Waals surface area contributed by atoms with E-state index in [0.717, 1.165) is 47.7 Å². The molecule has 9 fully saturated rings. The molecule has 5 saturated heterocycles. The molecular formula is C96H111N15O35. The summed E-state index contributed by atoms with van der Waals surface area (Å²) >= 11 is 0. The Morgan fingerprint density at radius 3 is 0.856 bits per heavy atom. The number of carbonyl (C=O) groups excluding carboxylic acids is 5. The first-order chi connectivity index (χ1) is 70.0. The summed E-state index contributed by atoms with van der Waals surface area (Å²) in [6.07, 6.45) is -11.9. The number of carbonyl (C=O) groups is 5. The van der Waals surface area contributed by atoms with E-state index in [1.807, 2.05) is 97.1 Å². The Kier molecular flexibility index (Phi) is 35.4. The summed E-state index contributed by atoms with van der Waals surface area (Å²) in [6.45, 7) is 2.48. The van der Waals surface area contributed by atoms with E-state index in [2.05, 4.69) is 52.3 Å². The normalized spacial score (nSPS) is 27.6. The molecule has 5 aromatic carbocycles. The van der Waals surface area contributed by atoms with Crippen molar-refractivity contribution in [1.29, 1.82) is 0 Å². The molecule has 20 N–H and O–H groups in total. The molecule has 780 valence electrons. The number of anilines is 5. The minimum Gasteiger partial charge on any atom is -0.394 e. The standard InChI is InChI=1S/C29H27N3O7.C20H27N3O7.C17H19N3O7.C16H17N3O7.C14H21N3O7/c33-18-22-24(34)25(35)26(38-22)32-17-16-23(30-28(32)37)31-39-27(36)29(19-10-4-1-5-11-19,20-12-6-2-7-13-20)21-14-8-3-9-15-21;24-9-13-15(25)16(26)17(29-13)23-2-1-14(21-19(23)28)22-30-18(27)20-6-10-3-11(7-20)5-12(4-10)8-20;21-9-11-14(23)15(24)16(26-11)20-7-6-12(18-17(20)25)19-27-13(22)8-10-4-2-1-3-5-10;20-8-10-12(21)13(22)14(25-10)19-7-6-11(17-16(19)24)18-26-15(23)9-4-2-1-3-5-9;1-14(2,3)12(21)24-16-8-4-5-17(13(22)15-8)11-10(20)9(19)7(6-18)23-11/h1-17,22,24-26,33-35H,18H2,(H,30,31,37);1-2,10-13,15-17,24-26H,3-9H2,(H,21,22,28);1-7,11,14-16,21,23-24H,8-9H2,(H,18,19,25);1-7,10,12-14,20-22H,8H2,(H,17,18,24);4-5,7,9-11,18-20H,6H2,1-3H3,(H,15,16,22)/t22-,24-,25-,26-;10?,11?,12?,13-,15-,16-,17-,20?;11-,14-,15-,16-;10-,12-,13-,14-;7-,9-,10-,11-/m11111/s1. The van der Waals surface area contributed by atoms with Gasteiger partial charge in [0.15, 0.2) is 60.2 Å². The first-order valence-corrected chi connectivity index (χ1v) is 46.2. The van der Waals surface area contributed by atoms with Crippen LogP contribution in [0.5, 0.6) is 0 Å². The summed E-state index contributed by atoms with van der Waals surface area (Å²) in [5, 5.41) is 145. The van der Waals surface area contributed by atoms with Gasteiger partial charge < -0.3 is 124 Å². The second-order valence-electron chi connectivity index (χ2n) is 36.5. The lowest BCUT2D eigenvalue weighted by Crippen LogP contribution is -2.51. The zero-order chi connectivity index (χ0) is 105. The summed E-state index contributed by atoms with van der Waals surface area (Å²) in [6, 6.07) is 51.8. The molecule has 50 nitrogen and oxygen atoms in total. The molecule has 0 radical (unpaired) electrons. The van der Waals surface area contributed by atoms with E-state index < -0.39 is 224 Å². The molecule has 10 aromatic rings. The quantitative estimate of drug-likeness (QED) is 0.0150. The van der Waals surface area contributed by atoms with Gasteiger partial charge in [-0.3, -0.25) is 22.8 Å². The topological polar surface area (TPSA) is 716 Å². The average molecular weight is 2040 g/mol. The molecule has 10 heterocycles. The highest BCUT2D eigenvalue weighted by atomic mass is 16.7. The lowest BCUT2D eigenvalue weighted by molar-refractivity contribution is -0.168. The molecule has 0 unspecified atom stereocenters. The number of aliphatic hydroxyl groups excluding tert-OH is 15. The number of aliphatic hydroxyl groups is 15. The third kappa shape index (κ3) is 24.5. The van der Waals surface area contributed by atoms with Crippen molar-refractivity contribution < 1.29 is 148 Å². The van der Waals surface area contributed by atoms with Crippen LogP contribution in [0.2, 0.25) is 0 Å². The van der Waals surface area contributed by atoms with Gasteiger partial charge in [-0.2, -0.15) is 30.4 Å². The van der Waals surface area contributed by atoms with Crippen LogP contribution in [-0.2, 0) is 78.9 Å². The average Bonchev–Trinajstić information content (AvgIpc) is 1.16. The second kappa shape index (κ2) is 47.9. The Bertz CT molecular complexity index is 6280. The van der Waals surface area contributed by atoms with Crippen LogP contribution in [0.3, 0.4) is 0 Å². The number of hydrogen-bond acceptors (Lipinski definition) is 45. The van der Waals surface area contributed by atoms with Gasteiger partial charge in [-0.15, -0.1) is 0 Å². The number of hydrogen-bond donors (Lipinski definition) is 20. The highest BCUT2D eigenvalue weighted by Gasteiger charge is 2.57. The van der Waals surface area contributed by atoms with Crippen molar-refractivity contribution >= 4 is 58.9 Å². The minimum absolute atomic E-state index is 0.000549. The molecule has 20 atom stereocenters. The maximum Gasteiger partial charge on any atom is 0.362 e. The predicted octanol–water partition coefficient (Wildman–Crippen LogP) is -1.52. The first kappa shape index (κ1) is 108. The van der Waals surface area contributed by atoms with Gasteiger partial charge in [0, 0.05) is 61.3 Å². The van der Waals surface area contributed by atoms with E-state index in [1.54, 1.807) is 75.4 Å². The summed E-state index contributed by atoms with van der Waals surface area (Å²) in [7, 11) is 0. The summed E-state index contributed by atoms with van der Waals surface area (Å²) < 4.78 is 31.5. The van der Waals surface area contributed by atoms with Crippen LogP contribution in [0.25, 0.3) is 0 Å². The van der Waals surface area contributed by atoms with E-state index in [-0.39, 0.29) is 41.5 Å². The molecule has 9 aliphatic rings. The Morgan fingerprint density at radius 2 is 0.589 bits per heavy atom. The molecule has 146 heavy (non-hydrogen) atoms. The molecule has 4 bridgehead atoms. The van der Waals surface area contributed by atoms with Crippen LogP contribution in [0, 0.1) is 28.6 Å². The highest BCUT2D eigenvalue weighted by Crippen LogP contribution is 2.60. The second-order valence-corrected chi connectivity index (χ2v) is 36.5. The number of rotatable bonds is 28. The number of nitrogens with zero attached hydrogens (tertiary/aromatic N) is 10. The van der Waals surface area contributed by atoms with Gasteiger partial charge in [0.25, 0.3) is 0 Å². The van der Waals surface area contributed by atoms with Crippen LogP contribution >= 0.6 is 0 Å². The smallest absolute Gasteiger partial charge is 0.362 e. The summed E-state index contributed by atoms with van der Waals surface area (Å²) in [5.41, 5.74) is 8.53. The maximum atomic E-state index is 14.0. The van der Waals surface area contributed by atoms with Crippen molar-refractivity contribution in [3.8, 4) is 0 Å². The van der Waals surface area contributed by atoms with Gasteiger partial charge in [-0.05, 0) is 111 Å². The van der Waals surface area contributed by atoms with Gasteiger partial charge in [-0.1, -0.05) is 140 Å². The van der Waals surface area contributed by atoms with E-state index in [4.69, 9.17) is 63.2 Å². The van der Waals surface area contributed by atoms with Crippen LogP contribution in [0.1, 0.15) is 123 Å². The monoisotopic (exact) mass is 2030 g/mol.